The summed E-state index contributed by atoms with van der Waals surface area (Å²) in [6.45, 7) is 1.78. The van der Waals surface area contributed by atoms with Crippen LogP contribution in [-0.2, 0) is 4.74 Å². The van der Waals surface area contributed by atoms with Gasteiger partial charge in [-0.3, -0.25) is 4.98 Å². The number of pyridine rings is 1. The highest BCUT2D eigenvalue weighted by Crippen LogP contribution is 2.22. The zero-order chi connectivity index (χ0) is 14.1. The summed E-state index contributed by atoms with van der Waals surface area (Å²) in [7, 11) is 1.32. The van der Waals surface area contributed by atoms with Crippen LogP contribution in [0.2, 0.25) is 0 Å². The molecule has 0 unspecified atom stereocenters. The van der Waals surface area contributed by atoms with Crippen molar-refractivity contribution in [2.45, 2.75) is 6.92 Å². The monoisotopic (exact) mass is 268 g/mol. The number of fused-ring (bicyclic) bond motifs is 1. The van der Waals surface area contributed by atoms with Gasteiger partial charge in [-0.15, -0.1) is 5.10 Å². The van der Waals surface area contributed by atoms with Crippen LogP contribution < -0.4 is 0 Å². The fourth-order valence-corrected chi connectivity index (χ4v) is 2.13. The summed E-state index contributed by atoms with van der Waals surface area (Å²) < 4.78 is 6.32. The zero-order valence-electron chi connectivity index (χ0n) is 11.1. The molecular formula is C14H12N4O2. The first-order chi connectivity index (χ1) is 9.72. The number of carbonyl (C=O) groups excluding carboxylic acids is 1. The molecule has 0 aliphatic heterocycles. The maximum atomic E-state index is 11.6. The van der Waals surface area contributed by atoms with E-state index in [0.29, 0.717) is 5.69 Å². The van der Waals surface area contributed by atoms with E-state index < -0.39 is 5.97 Å². The molecule has 20 heavy (non-hydrogen) atoms. The van der Waals surface area contributed by atoms with Gasteiger partial charge >= 0.3 is 5.97 Å². The first kappa shape index (κ1) is 12.3. The Labute approximate surface area is 115 Å². The summed E-state index contributed by atoms with van der Waals surface area (Å²) in [6.07, 6.45) is 3.51. The Balaban J connectivity index is 2.22. The molecule has 2 heterocycles. The van der Waals surface area contributed by atoms with E-state index in [4.69, 9.17) is 0 Å². The van der Waals surface area contributed by atoms with E-state index >= 15 is 0 Å². The first-order valence-corrected chi connectivity index (χ1v) is 6.06. The summed E-state index contributed by atoms with van der Waals surface area (Å²) in [6, 6.07) is 7.71. The number of hydrogen-bond acceptors (Lipinski definition) is 5. The third-order valence-corrected chi connectivity index (χ3v) is 3.16. The molecule has 0 aliphatic carbocycles. The summed E-state index contributed by atoms with van der Waals surface area (Å²) in [5, 5.41) is 9.94. The number of rotatable bonds is 2. The smallest absolute Gasteiger partial charge is 0.360 e. The minimum atomic E-state index is -0.490. The van der Waals surface area contributed by atoms with Gasteiger partial charge in [-0.1, -0.05) is 17.3 Å². The summed E-state index contributed by atoms with van der Waals surface area (Å²) >= 11 is 0. The van der Waals surface area contributed by atoms with Crippen molar-refractivity contribution < 1.29 is 9.53 Å². The molecule has 0 fully saturated rings. The number of esters is 1. The second-order valence-corrected chi connectivity index (χ2v) is 4.30. The molecule has 100 valence electrons. The number of hydrogen-bond donors (Lipinski definition) is 0. The van der Waals surface area contributed by atoms with Crippen molar-refractivity contribution in [3.05, 3.63) is 48.0 Å². The molecule has 6 heteroatoms. The van der Waals surface area contributed by atoms with Crippen molar-refractivity contribution in [3.8, 4) is 5.69 Å². The molecule has 6 nitrogen and oxygen atoms in total. The number of aromatic nitrogens is 4. The van der Waals surface area contributed by atoms with E-state index in [2.05, 4.69) is 20.0 Å². The van der Waals surface area contributed by atoms with Crippen molar-refractivity contribution >= 4 is 16.7 Å². The standard InChI is InChI=1S/C14H12N4O2/c1-9-13(14(19)20-2)16-17-18(9)12-5-3-4-10-8-15-7-6-11(10)12/h3-8H,1-2H3. The zero-order valence-corrected chi connectivity index (χ0v) is 11.1. The fourth-order valence-electron chi connectivity index (χ4n) is 2.13. The molecule has 1 aromatic carbocycles. The van der Waals surface area contributed by atoms with Gasteiger partial charge in [-0.2, -0.15) is 0 Å². The van der Waals surface area contributed by atoms with E-state index in [1.165, 1.54) is 7.11 Å². The number of ether oxygens (including phenoxy) is 1. The maximum Gasteiger partial charge on any atom is 0.360 e. The number of methoxy groups -OCH3 is 1. The molecule has 0 N–H and O–H groups in total. The molecule has 3 aromatic rings. The largest absolute Gasteiger partial charge is 0.464 e. The maximum absolute atomic E-state index is 11.6. The molecule has 0 aliphatic rings. The van der Waals surface area contributed by atoms with Gasteiger partial charge in [0.05, 0.1) is 18.5 Å². The molecule has 0 atom stereocenters. The lowest BCUT2D eigenvalue weighted by Gasteiger charge is -2.07. The SMILES string of the molecule is COC(=O)c1nnn(-c2cccc3cnccc23)c1C. The minimum Gasteiger partial charge on any atom is -0.464 e. The topological polar surface area (TPSA) is 69.9 Å². The van der Waals surface area contributed by atoms with Crippen molar-refractivity contribution in [1.82, 2.24) is 20.0 Å². The Morgan fingerprint density at radius 3 is 2.95 bits per heavy atom. The Bertz CT molecular complexity index is 789. The quantitative estimate of drug-likeness (QED) is 0.664. The van der Waals surface area contributed by atoms with Gasteiger partial charge in [0.15, 0.2) is 5.69 Å². The lowest BCUT2D eigenvalue weighted by molar-refractivity contribution is 0.0593. The molecule has 0 saturated heterocycles. The predicted molar refractivity (Wildman–Crippen MR) is 72.7 cm³/mol. The third kappa shape index (κ3) is 1.82. The average molecular weight is 268 g/mol. The molecule has 2 aromatic heterocycles. The number of carbonyl (C=O) groups is 1. The van der Waals surface area contributed by atoms with Crippen LogP contribution in [0.15, 0.2) is 36.7 Å². The van der Waals surface area contributed by atoms with Crippen LogP contribution in [0, 0.1) is 6.92 Å². The van der Waals surface area contributed by atoms with E-state index in [9.17, 15) is 4.79 Å². The van der Waals surface area contributed by atoms with Gasteiger partial charge in [-0.25, -0.2) is 9.48 Å². The van der Waals surface area contributed by atoms with Gasteiger partial charge in [-0.05, 0) is 19.1 Å². The van der Waals surface area contributed by atoms with Crippen LogP contribution in [0.4, 0.5) is 0 Å². The van der Waals surface area contributed by atoms with Crippen LogP contribution in [-0.4, -0.2) is 33.1 Å². The van der Waals surface area contributed by atoms with E-state index in [-0.39, 0.29) is 5.69 Å². The number of nitrogens with zero attached hydrogens (tertiary/aromatic N) is 4. The highest BCUT2D eigenvalue weighted by molar-refractivity contribution is 5.91. The molecule has 0 radical (unpaired) electrons. The second kappa shape index (κ2) is 4.73. The molecule has 0 bridgehead atoms. The molecular weight excluding hydrogens is 256 g/mol. The van der Waals surface area contributed by atoms with Crippen LogP contribution in [0.5, 0.6) is 0 Å². The van der Waals surface area contributed by atoms with E-state index in [0.717, 1.165) is 16.5 Å². The van der Waals surface area contributed by atoms with Gasteiger partial charge in [0.25, 0.3) is 0 Å². The van der Waals surface area contributed by atoms with Gasteiger partial charge in [0, 0.05) is 23.2 Å². The highest BCUT2D eigenvalue weighted by atomic mass is 16.5. The average Bonchev–Trinajstić information content (AvgIpc) is 2.87. The molecule has 0 saturated carbocycles. The Hall–Kier alpha value is -2.76. The Kier molecular flexibility index (Phi) is 2.90. The lowest BCUT2D eigenvalue weighted by Crippen LogP contribution is -2.05. The van der Waals surface area contributed by atoms with Crippen molar-refractivity contribution in [2.24, 2.45) is 0 Å². The Morgan fingerprint density at radius 2 is 2.15 bits per heavy atom. The second-order valence-electron chi connectivity index (χ2n) is 4.30. The predicted octanol–water partition coefficient (Wildman–Crippen LogP) is 1.91. The minimum absolute atomic E-state index is 0.221. The summed E-state index contributed by atoms with van der Waals surface area (Å²) in [5.41, 5.74) is 1.71. The summed E-state index contributed by atoms with van der Waals surface area (Å²) in [5.74, 6) is -0.490. The molecule has 0 amide bonds. The molecule has 3 rings (SSSR count). The van der Waals surface area contributed by atoms with Crippen LogP contribution in [0.25, 0.3) is 16.5 Å². The normalized spacial score (nSPS) is 10.7. The summed E-state index contributed by atoms with van der Waals surface area (Å²) in [4.78, 5) is 15.7. The van der Waals surface area contributed by atoms with Crippen molar-refractivity contribution in [2.75, 3.05) is 7.11 Å². The van der Waals surface area contributed by atoms with Crippen LogP contribution in [0.3, 0.4) is 0 Å². The van der Waals surface area contributed by atoms with Gasteiger partial charge in [0.2, 0.25) is 0 Å². The highest BCUT2D eigenvalue weighted by Gasteiger charge is 2.18. The molecule has 0 spiro atoms. The van der Waals surface area contributed by atoms with Gasteiger partial charge < -0.3 is 4.74 Å². The van der Waals surface area contributed by atoms with E-state index in [1.54, 1.807) is 24.0 Å². The van der Waals surface area contributed by atoms with Crippen LogP contribution in [0.1, 0.15) is 16.2 Å². The third-order valence-electron chi connectivity index (χ3n) is 3.16. The fraction of sp³-hybridized carbons (Fsp3) is 0.143. The lowest BCUT2D eigenvalue weighted by atomic mass is 10.1. The van der Waals surface area contributed by atoms with Crippen molar-refractivity contribution in [3.63, 3.8) is 0 Å². The first-order valence-electron chi connectivity index (χ1n) is 6.06. The van der Waals surface area contributed by atoms with Crippen LogP contribution >= 0.6 is 0 Å². The van der Waals surface area contributed by atoms with E-state index in [1.807, 2.05) is 24.3 Å². The number of benzene rings is 1. The Morgan fingerprint density at radius 1 is 1.30 bits per heavy atom. The van der Waals surface area contributed by atoms with Gasteiger partial charge in [0.1, 0.15) is 0 Å². The van der Waals surface area contributed by atoms with Crippen molar-refractivity contribution in [1.29, 1.82) is 0 Å².